The van der Waals surface area contributed by atoms with Gasteiger partial charge in [0.1, 0.15) is 0 Å². The minimum absolute atomic E-state index is 0.0154. The van der Waals surface area contributed by atoms with Gasteiger partial charge in [-0.25, -0.2) is 0 Å². The van der Waals surface area contributed by atoms with E-state index in [0.29, 0.717) is 0 Å². The summed E-state index contributed by atoms with van der Waals surface area (Å²) in [6.45, 7) is 9.94. The first-order valence-corrected chi connectivity index (χ1v) is 6.72. The van der Waals surface area contributed by atoms with Crippen LogP contribution in [0.15, 0.2) is 18.2 Å². The van der Waals surface area contributed by atoms with Crippen LogP contribution in [0.25, 0.3) is 0 Å². The lowest BCUT2D eigenvalue weighted by molar-refractivity contribution is -0.385. The molecule has 116 valence electrons. The number of amides is 1. The van der Waals surface area contributed by atoms with Crippen molar-refractivity contribution in [3.8, 4) is 5.75 Å². The molecule has 2 N–H and O–H groups in total. The highest BCUT2D eigenvalue weighted by Crippen LogP contribution is 2.31. The fourth-order valence-electron chi connectivity index (χ4n) is 2.61. The number of hydrogen-bond donors (Lipinski definition) is 2. The number of carbonyl (C=O) groups is 1. The molecular weight excluding hydrogens is 272 g/mol. The maximum Gasteiger partial charge on any atom is 0.311 e. The standard InChI is InChI=1S/C15H22N2O4/c1-14(2,3)9-15(4,5)16-13(19)10-7-6-8-11(12(10)18)17(20)21/h6-8,18H,9H2,1-5H3,(H,16,19). The van der Waals surface area contributed by atoms with Gasteiger partial charge in [0, 0.05) is 11.6 Å². The molecule has 0 aliphatic carbocycles. The van der Waals surface area contributed by atoms with Crippen LogP contribution in [0.4, 0.5) is 5.69 Å². The summed E-state index contributed by atoms with van der Waals surface area (Å²) in [7, 11) is 0. The van der Waals surface area contributed by atoms with Gasteiger partial charge < -0.3 is 10.4 Å². The molecule has 6 heteroatoms. The van der Waals surface area contributed by atoms with Gasteiger partial charge in [-0.3, -0.25) is 14.9 Å². The number of para-hydroxylation sites is 1. The molecule has 0 spiro atoms. The molecule has 0 aliphatic rings. The molecule has 0 saturated heterocycles. The molecule has 0 radical (unpaired) electrons. The second-order valence-electron chi connectivity index (χ2n) is 7.01. The van der Waals surface area contributed by atoms with E-state index in [2.05, 4.69) is 26.1 Å². The van der Waals surface area contributed by atoms with Gasteiger partial charge in [-0.05, 0) is 31.7 Å². The van der Waals surface area contributed by atoms with Crippen molar-refractivity contribution in [2.75, 3.05) is 0 Å². The topological polar surface area (TPSA) is 92.5 Å². The molecule has 0 bridgehead atoms. The van der Waals surface area contributed by atoms with Crippen LogP contribution in [0, 0.1) is 15.5 Å². The van der Waals surface area contributed by atoms with E-state index in [-0.39, 0.29) is 11.0 Å². The van der Waals surface area contributed by atoms with E-state index in [1.807, 2.05) is 13.8 Å². The van der Waals surface area contributed by atoms with Crippen LogP contribution < -0.4 is 5.32 Å². The normalized spacial score (nSPS) is 12.0. The monoisotopic (exact) mass is 294 g/mol. The number of hydrogen-bond acceptors (Lipinski definition) is 4. The van der Waals surface area contributed by atoms with Crippen LogP contribution in [0.5, 0.6) is 5.75 Å². The van der Waals surface area contributed by atoms with Crippen LogP contribution in [0.2, 0.25) is 0 Å². The second-order valence-corrected chi connectivity index (χ2v) is 7.01. The third-order valence-corrected chi connectivity index (χ3v) is 2.88. The number of benzene rings is 1. The predicted molar refractivity (Wildman–Crippen MR) is 80.4 cm³/mol. The highest BCUT2D eigenvalue weighted by molar-refractivity contribution is 5.98. The van der Waals surface area contributed by atoms with E-state index < -0.39 is 27.8 Å². The van der Waals surface area contributed by atoms with Gasteiger partial charge in [-0.2, -0.15) is 0 Å². The SMILES string of the molecule is CC(C)(C)CC(C)(C)NC(=O)c1cccc([N+](=O)[O-])c1O. The van der Waals surface area contributed by atoms with E-state index >= 15 is 0 Å². The summed E-state index contributed by atoms with van der Waals surface area (Å²) in [6, 6.07) is 3.90. The fraction of sp³-hybridized carbons (Fsp3) is 0.533. The minimum atomic E-state index is -0.716. The van der Waals surface area contributed by atoms with Gasteiger partial charge in [-0.1, -0.05) is 26.8 Å². The van der Waals surface area contributed by atoms with E-state index in [1.54, 1.807) is 0 Å². The van der Waals surface area contributed by atoms with E-state index in [0.717, 1.165) is 12.5 Å². The maximum absolute atomic E-state index is 12.2. The van der Waals surface area contributed by atoms with E-state index in [9.17, 15) is 20.0 Å². The number of nitro groups is 1. The van der Waals surface area contributed by atoms with E-state index in [1.165, 1.54) is 12.1 Å². The average molecular weight is 294 g/mol. The lowest BCUT2D eigenvalue weighted by atomic mass is 9.81. The van der Waals surface area contributed by atoms with Gasteiger partial charge in [0.2, 0.25) is 5.75 Å². The predicted octanol–water partition coefficient (Wildman–Crippen LogP) is 3.25. The summed E-state index contributed by atoms with van der Waals surface area (Å²) in [5, 5.41) is 23.5. The van der Waals surface area contributed by atoms with Crippen LogP contribution in [0.1, 0.15) is 51.4 Å². The number of rotatable bonds is 4. The lowest BCUT2D eigenvalue weighted by Crippen LogP contribution is -2.45. The molecule has 6 nitrogen and oxygen atoms in total. The maximum atomic E-state index is 12.2. The third kappa shape index (κ3) is 4.73. The van der Waals surface area contributed by atoms with Gasteiger partial charge in [0.15, 0.2) is 0 Å². The molecule has 1 aromatic carbocycles. The molecule has 0 aromatic heterocycles. The average Bonchev–Trinajstić information content (AvgIpc) is 2.24. The molecule has 21 heavy (non-hydrogen) atoms. The van der Waals surface area contributed by atoms with Gasteiger partial charge >= 0.3 is 5.69 Å². The Bertz CT molecular complexity index is 559. The highest BCUT2D eigenvalue weighted by atomic mass is 16.6. The van der Waals surface area contributed by atoms with Crippen LogP contribution >= 0.6 is 0 Å². The van der Waals surface area contributed by atoms with Crippen molar-refractivity contribution in [2.24, 2.45) is 5.41 Å². The number of nitro benzene ring substituents is 1. The number of phenolic OH excluding ortho intramolecular Hbond substituents is 1. The molecule has 0 heterocycles. The second kappa shape index (κ2) is 5.71. The van der Waals surface area contributed by atoms with Crippen molar-refractivity contribution in [2.45, 2.75) is 46.6 Å². The van der Waals surface area contributed by atoms with Gasteiger partial charge in [0.05, 0.1) is 10.5 Å². The number of aromatic hydroxyl groups is 1. The lowest BCUT2D eigenvalue weighted by Gasteiger charge is -2.33. The van der Waals surface area contributed by atoms with Crippen molar-refractivity contribution < 1.29 is 14.8 Å². The summed E-state index contributed by atoms with van der Waals surface area (Å²) in [4.78, 5) is 22.3. The Morgan fingerprint density at radius 3 is 2.33 bits per heavy atom. The number of phenols is 1. The van der Waals surface area contributed by atoms with E-state index in [4.69, 9.17) is 0 Å². The third-order valence-electron chi connectivity index (χ3n) is 2.88. The molecule has 0 aliphatic heterocycles. The number of carbonyl (C=O) groups excluding carboxylic acids is 1. The summed E-state index contributed by atoms with van der Waals surface area (Å²) in [5.74, 6) is -1.13. The summed E-state index contributed by atoms with van der Waals surface area (Å²) in [5.41, 5.74) is -1.05. The molecule has 0 atom stereocenters. The summed E-state index contributed by atoms with van der Waals surface area (Å²) in [6.07, 6.45) is 0.724. The first kappa shape index (κ1) is 16.9. The first-order valence-electron chi connectivity index (χ1n) is 6.72. The zero-order valence-electron chi connectivity index (χ0n) is 13.1. The quantitative estimate of drug-likeness (QED) is 0.658. The Hall–Kier alpha value is -2.11. The number of nitrogens with one attached hydrogen (secondary N) is 1. The molecule has 1 rings (SSSR count). The minimum Gasteiger partial charge on any atom is -0.502 e. The van der Waals surface area contributed by atoms with Gasteiger partial charge in [0.25, 0.3) is 5.91 Å². The van der Waals surface area contributed by atoms with Crippen molar-refractivity contribution in [3.05, 3.63) is 33.9 Å². The zero-order chi connectivity index (χ0) is 16.4. The first-order chi connectivity index (χ1) is 9.43. The Balaban J connectivity index is 3.00. The molecule has 0 unspecified atom stereocenters. The summed E-state index contributed by atoms with van der Waals surface area (Å²) >= 11 is 0. The molecular formula is C15H22N2O4. The van der Waals surface area contributed by atoms with Crippen molar-refractivity contribution in [3.63, 3.8) is 0 Å². The van der Waals surface area contributed by atoms with Crippen LogP contribution in [-0.2, 0) is 0 Å². The van der Waals surface area contributed by atoms with Crippen LogP contribution in [-0.4, -0.2) is 21.5 Å². The zero-order valence-corrected chi connectivity index (χ0v) is 13.1. The fourth-order valence-corrected chi connectivity index (χ4v) is 2.61. The van der Waals surface area contributed by atoms with Crippen molar-refractivity contribution in [1.82, 2.24) is 5.32 Å². The molecule has 1 aromatic rings. The summed E-state index contributed by atoms with van der Waals surface area (Å²) < 4.78 is 0. The molecule has 0 saturated carbocycles. The smallest absolute Gasteiger partial charge is 0.311 e. The van der Waals surface area contributed by atoms with Gasteiger partial charge in [-0.15, -0.1) is 0 Å². The number of nitrogens with zero attached hydrogens (tertiary/aromatic N) is 1. The Morgan fingerprint density at radius 2 is 1.86 bits per heavy atom. The van der Waals surface area contributed by atoms with Crippen molar-refractivity contribution >= 4 is 11.6 Å². The Kier molecular flexibility index (Phi) is 4.61. The largest absolute Gasteiger partial charge is 0.502 e. The molecule has 0 fully saturated rings. The Labute approximate surface area is 124 Å². The van der Waals surface area contributed by atoms with Crippen molar-refractivity contribution in [1.29, 1.82) is 0 Å². The Morgan fingerprint density at radius 1 is 1.29 bits per heavy atom. The van der Waals surface area contributed by atoms with Crippen LogP contribution in [0.3, 0.4) is 0 Å². The highest BCUT2D eigenvalue weighted by Gasteiger charge is 2.29. The molecule has 1 amide bonds.